The summed E-state index contributed by atoms with van der Waals surface area (Å²) in [6.45, 7) is 7.88. The molecule has 0 radical (unpaired) electrons. The molecular formula is C21H30N2O5. The van der Waals surface area contributed by atoms with Gasteiger partial charge < -0.3 is 20.1 Å². The van der Waals surface area contributed by atoms with Gasteiger partial charge in [-0.05, 0) is 31.9 Å². The van der Waals surface area contributed by atoms with Crippen molar-refractivity contribution >= 4 is 17.8 Å². The predicted molar refractivity (Wildman–Crippen MR) is 105 cm³/mol. The fourth-order valence-electron chi connectivity index (χ4n) is 3.09. The van der Waals surface area contributed by atoms with E-state index in [4.69, 9.17) is 4.74 Å². The first-order valence-corrected chi connectivity index (χ1v) is 9.55. The maximum atomic E-state index is 12.7. The van der Waals surface area contributed by atoms with Crippen molar-refractivity contribution in [2.75, 3.05) is 19.7 Å². The van der Waals surface area contributed by atoms with E-state index in [-0.39, 0.29) is 24.3 Å². The largest absolute Gasteiger partial charge is 0.491 e. The number of carbonyl (C=O) groups excluding carboxylic acids is 2. The summed E-state index contributed by atoms with van der Waals surface area (Å²) in [5.74, 6) is -1.18. The Bertz CT molecular complexity index is 705. The quantitative estimate of drug-likeness (QED) is 0.777. The molecule has 1 fully saturated rings. The van der Waals surface area contributed by atoms with Crippen molar-refractivity contribution in [2.24, 2.45) is 11.3 Å². The molecule has 1 aromatic carbocycles. The van der Waals surface area contributed by atoms with Crippen LogP contribution >= 0.6 is 0 Å². The zero-order valence-electron chi connectivity index (χ0n) is 17.0. The number of aliphatic carboxylic acids is 1. The minimum Gasteiger partial charge on any atom is -0.491 e. The summed E-state index contributed by atoms with van der Waals surface area (Å²) < 4.78 is 5.56. The van der Waals surface area contributed by atoms with Gasteiger partial charge in [-0.2, -0.15) is 0 Å². The number of likely N-dealkylation sites (tertiary alicyclic amines) is 1. The molecule has 1 aliphatic rings. The molecule has 1 saturated heterocycles. The van der Waals surface area contributed by atoms with Gasteiger partial charge in [0.1, 0.15) is 12.4 Å². The van der Waals surface area contributed by atoms with Crippen LogP contribution < -0.4 is 10.1 Å². The number of amides is 2. The zero-order valence-corrected chi connectivity index (χ0v) is 17.0. The molecular weight excluding hydrogens is 360 g/mol. The molecule has 0 aromatic heterocycles. The maximum Gasteiger partial charge on any atom is 0.332 e. The van der Waals surface area contributed by atoms with Gasteiger partial charge in [-0.1, -0.05) is 39.0 Å². The van der Waals surface area contributed by atoms with E-state index < -0.39 is 16.9 Å². The second-order valence-corrected chi connectivity index (χ2v) is 8.54. The highest BCUT2D eigenvalue weighted by molar-refractivity contribution is 5.88. The minimum absolute atomic E-state index is 0.0676. The molecule has 0 unspecified atom stereocenters. The molecule has 7 nitrogen and oxygen atoms in total. The van der Waals surface area contributed by atoms with Gasteiger partial charge in [0.15, 0.2) is 5.54 Å². The Morgan fingerprint density at radius 1 is 1.11 bits per heavy atom. The SMILES string of the molecule is CC(C)(C)C(=O)N1CCC(C(=O)N[C@@](C)(COc2ccccc2)C(=O)O)CC1. The number of hydrogen-bond donors (Lipinski definition) is 2. The molecule has 0 aliphatic carbocycles. The van der Waals surface area contributed by atoms with E-state index in [1.54, 1.807) is 29.2 Å². The number of piperidine rings is 1. The average molecular weight is 390 g/mol. The summed E-state index contributed by atoms with van der Waals surface area (Å²) in [6.07, 6.45) is 1.03. The summed E-state index contributed by atoms with van der Waals surface area (Å²) in [7, 11) is 0. The van der Waals surface area contributed by atoms with E-state index in [2.05, 4.69) is 5.32 Å². The van der Waals surface area contributed by atoms with Gasteiger partial charge in [0.2, 0.25) is 11.8 Å². The fraction of sp³-hybridized carbons (Fsp3) is 0.571. The first-order valence-electron chi connectivity index (χ1n) is 9.55. The van der Waals surface area contributed by atoms with E-state index in [0.29, 0.717) is 31.7 Å². The molecule has 0 bridgehead atoms. The molecule has 28 heavy (non-hydrogen) atoms. The van der Waals surface area contributed by atoms with Gasteiger partial charge in [-0.25, -0.2) is 4.79 Å². The van der Waals surface area contributed by atoms with Crippen LogP contribution in [0.5, 0.6) is 5.75 Å². The number of benzene rings is 1. The number of nitrogens with one attached hydrogen (secondary N) is 1. The zero-order chi connectivity index (χ0) is 20.9. The van der Waals surface area contributed by atoms with Crippen LogP contribution in [-0.4, -0.2) is 53.0 Å². The Labute approximate surface area is 166 Å². The average Bonchev–Trinajstić information content (AvgIpc) is 2.66. The Hall–Kier alpha value is -2.57. The minimum atomic E-state index is -1.54. The second kappa shape index (κ2) is 8.63. The number of nitrogens with zero attached hydrogens (tertiary/aromatic N) is 1. The lowest BCUT2D eigenvalue weighted by Crippen LogP contribution is -2.58. The molecule has 2 rings (SSSR count). The Balaban J connectivity index is 1.94. The lowest BCUT2D eigenvalue weighted by atomic mass is 9.90. The van der Waals surface area contributed by atoms with Crippen LogP contribution in [0.2, 0.25) is 0 Å². The van der Waals surface area contributed by atoms with E-state index in [9.17, 15) is 19.5 Å². The smallest absolute Gasteiger partial charge is 0.332 e. The standard InChI is InChI=1S/C21H30N2O5/c1-20(2,3)18(25)23-12-10-15(11-13-23)17(24)22-21(4,19(26)27)14-28-16-8-6-5-7-9-16/h5-9,15H,10-14H2,1-4H3,(H,22,24)(H,26,27)/t21-/m0/s1. The molecule has 1 atom stereocenters. The van der Waals surface area contributed by atoms with Gasteiger partial charge in [-0.3, -0.25) is 9.59 Å². The number of hydrogen-bond acceptors (Lipinski definition) is 4. The highest BCUT2D eigenvalue weighted by atomic mass is 16.5. The monoisotopic (exact) mass is 390 g/mol. The lowest BCUT2D eigenvalue weighted by molar-refractivity contribution is -0.149. The van der Waals surface area contributed by atoms with Gasteiger partial charge in [0, 0.05) is 24.4 Å². The fourth-order valence-corrected chi connectivity index (χ4v) is 3.09. The molecule has 7 heteroatoms. The molecule has 2 N–H and O–H groups in total. The van der Waals surface area contributed by atoms with E-state index >= 15 is 0 Å². The van der Waals surface area contributed by atoms with Crippen molar-refractivity contribution in [2.45, 2.75) is 46.1 Å². The maximum absolute atomic E-state index is 12.7. The van der Waals surface area contributed by atoms with Crippen molar-refractivity contribution in [3.63, 3.8) is 0 Å². The van der Waals surface area contributed by atoms with E-state index in [0.717, 1.165) is 0 Å². The third-order valence-corrected chi connectivity index (χ3v) is 4.94. The van der Waals surface area contributed by atoms with Crippen molar-refractivity contribution in [1.82, 2.24) is 10.2 Å². The van der Waals surface area contributed by atoms with Crippen LogP contribution in [0, 0.1) is 11.3 Å². The molecule has 1 heterocycles. The highest BCUT2D eigenvalue weighted by Crippen LogP contribution is 2.24. The van der Waals surface area contributed by atoms with Gasteiger partial charge in [0.25, 0.3) is 0 Å². The first-order chi connectivity index (χ1) is 13.0. The van der Waals surface area contributed by atoms with Crippen molar-refractivity contribution in [3.05, 3.63) is 30.3 Å². The van der Waals surface area contributed by atoms with Crippen LogP contribution in [0.3, 0.4) is 0 Å². The van der Waals surface area contributed by atoms with Gasteiger partial charge in [0.05, 0.1) is 0 Å². The molecule has 1 aliphatic heterocycles. The predicted octanol–water partition coefficient (Wildman–Crippen LogP) is 2.31. The summed E-state index contributed by atoms with van der Waals surface area (Å²) in [5, 5.41) is 12.3. The van der Waals surface area contributed by atoms with E-state index in [1.165, 1.54) is 6.92 Å². The summed E-state index contributed by atoms with van der Waals surface area (Å²) >= 11 is 0. The number of ether oxygens (including phenoxy) is 1. The molecule has 0 saturated carbocycles. The molecule has 2 amide bonds. The number of para-hydroxylation sites is 1. The lowest BCUT2D eigenvalue weighted by Gasteiger charge is -2.36. The third kappa shape index (κ3) is 5.47. The molecule has 154 valence electrons. The number of carbonyl (C=O) groups is 3. The van der Waals surface area contributed by atoms with Crippen molar-refractivity contribution in [1.29, 1.82) is 0 Å². The summed E-state index contributed by atoms with van der Waals surface area (Å²) in [4.78, 5) is 38.6. The first kappa shape index (κ1) is 21.7. The Morgan fingerprint density at radius 3 is 2.18 bits per heavy atom. The topological polar surface area (TPSA) is 95.9 Å². The van der Waals surface area contributed by atoms with Crippen LogP contribution in [0.15, 0.2) is 30.3 Å². The van der Waals surface area contributed by atoms with Crippen LogP contribution in [0.25, 0.3) is 0 Å². The normalized spacial score (nSPS) is 17.5. The van der Waals surface area contributed by atoms with Crippen LogP contribution in [0.4, 0.5) is 0 Å². The Kier molecular flexibility index (Phi) is 6.69. The van der Waals surface area contributed by atoms with Crippen molar-refractivity contribution in [3.8, 4) is 5.75 Å². The van der Waals surface area contributed by atoms with Crippen LogP contribution in [0.1, 0.15) is 40.5 Å². The summed E-state index contributed by atoms with van der Waals surface area (Å²) in [6, 6.07) is 8.87. The summed E-state index contributed by atoms with van der Waals surface area (Å²) in [5.41, 5.74) is -1.99. The number of carboxylic acid groups (broad SMARTS) is 1. The molecule has 1 aromatic rings. The van der Waals surface area contributed by atoms with Gasteiger partial charge >= 0.3 is 5.97 Å². The van der Waals surface area contributed by atoms with E-state index in [1.807, 2.05) is 26.8 Å². The second-order valence-electron chi connectivity index (χ2n) is 8.54. The number of rotatable bonds is 6. The van der Waals surface area contributed by atoms with Gasteiger partial charge in [-0.15, -0.1) is 0 Å². The molecule has 0 spiro atoms. The Morgan fingerprint density at radius 2 is 1.68 bits per heavy atom. The van der Waals surface area contributed by atoms with Crippen LogP contribution in [-0.2, 0) is 14.4 Å². The highest BCUT2D eigenvalue weighted by Gasteiger charge is 2.39. The van der Waals surface area contributed by atoms with Crippen molar-refractivity contribution < 1.29 is 24.2 Å². The third-order valence-electron chi connectivity index (χ3n) is 4.94. The number of carboxylic acids is 1.